The van der Waals surface area contributed by atoms with E-state index in [-0.39, 0.29) is 11.7 Å². The third-order valence-electron chi connectivity index (χ3n) is 3.76. The van der Waals surface area contributed by atoms with E-state index in [9.17, 15) is 14.7 Å². The summed E-state index contributed by atoms with van der Waals surface area (Å²) in [6.07, 6.45) is 4.15. The maximum atomic E-state index is 11.9. The first-order valence-corrected chi connectivity index (χ1v) is 7.70. The molecule has 3 atom stereocenters. The number of aromatic amines is 1. The van der Waals surface area contributed by atoms with Crippen LogP contribution >= 0.6 is 0 Å². The smallest absolute Gasteiger partial charge is 0.330 e. The van der Waals surface area contributed by atoms with Gasteiger partial charge >= 0.3 is 5.69 Å². The molecule has 120 valence electrons. The van der Waals surface area contributed by atoms with E-state index in [2.05, 4.69) is 23.7 Å². The molecule has 1 aromatic rings. The quantitative estimate of drug-likeness (QED) is 0.645. The lowest BCUT2D eigenvalue weighted by molar-refractivity contribution is -0.0101. The summed E-state index contributed by atoms with van der Waals surface area (Å²) in [5.41, 5.74) is -0.794. The number of H-pyrrole nitrogens is 1. The number of nitrogens with one attached hydrogen (secondary N) is 1. The first-order valence-electron chi connectivity index (χ1n) is 7.70. The molecule has 0 aromatic carbocycles. The molecule has 1 fully saturated rings. The number of hydrogen-bond acceptors (Lipinski definition) is 4. The molecule has 6 nitrogen and oxygen atoms in total. The summed E-state index contributed by atoms with van der Waals surface area (Å²) < 4.78 is 6.83. The molecule has 2 rings (SSSR count). The van der Waals surface area contributed by atoms with Crippen LogP contribution in [0.4, 0.5) is 0 Å². The molecule has 0 bridgehead atoms. The summed E-state index contributed by atoms with van der Waals surface area (Å²) >= 11 is 0. The van der Waals surface area contributed by atoms with Crippen molar-refractivity contribution in [2.24, 2.45) is 0 Å². The summed E-state index contributed by atoms with van der Waals surface area (Å²) in [5, 5.41) is 9.73. The Balaban J connectivity index is 2.20. The average molecular weight is 306 g/mol. The Morgan fingerprint density at radius 3 is 2.86 bits per heavy atom. The molecule has 1 aliphatic rings. The Morgan fingerprint density at radius 2 is 2.23 bits per heavy atom. The van der Waals surface area contributed by atoms with Crippen molar-refractivity contribution in [2.75, 3.05) is 0 Å². The molecule has 1 aromatic heterocycles. The van der Waals surface area contributed by atoms with E-state index in [4.69, 9.17) is 4.74 Å². The number of aromatic nitrogens is 2. The predicted octanol–water partition coefficient (Wildman–Crippen LogP) is 1.14. The molecule has 22 heavy (non-hydrogen) atoms. The summed E-state index contributed by atoms with van der Waals surface area (Å²) in [6.45, 7) is 3.86. The third kappa shape index (κ3) is 3.87. The first-order chi connectivity index (χ1) is 10.5. The highest BCUT2D eigenvalue weighted by atomic mass is 16.5. The van der Waals surface area contributed by atoms with Gasteiger partial charge in [-0.2, -0.15) is 0 Å². The minimum atomic E-state index is -0.618. The second kappa shape index (κ2) is 7.43. The highest BCUT2D eigenvalue weighted by Crippen LogP contribution is 2.26. The average Bonchev–Trinajstić information content (AvgIpc) is 2.80. The Morgan fingerprint density at radius 1 is 1.45 bits per heavy atom. The van der Waals surface area contributed by atoms with Crippen molar-refractivity contribution < 1.29 is 9.84 Å². The monoisotopic (exact) mass is 306 g/mol. The summed E-state index contributed by atoms with van der Waals surface area (Å²) in [6, 6.07) is 0. The molecule has 1 saturated heterocycles. The van der Waals surface area contributed by atoms with Gasteiger partial charge in [-0.15, -0.1) is 0 Å². The molecule has 2 N–H and O–H groups in total. The van der Waals surface area contributed by atoms with Gasteiger partial charge in [-0.05, 0) is 13.3 Å². The zero-order valence-electron chi connectivity index (χ0n) is 13.0. The minimum absolute atomic E-state index is 0.244. The van der Waals surface area contributed by atoms with Crippen LogP contribution in [-0.4, -0.2) is 26.9 Å². The Bertz CT molecular complexity index is 670. The van der Waals surface area contributed by atoms with Gasteiger partial charge in [-0.3, -0.25) is 14.3 Å². The molecular formula is C16H22N2O4. The molecule has 0 saturated carbocycles. The second-order valence-corrected chi connectivity index (χ2v) is 5.57. The maximum absolute atomic E-state index is 11.9. The van der Waals surface area contributed by atoms with Gasteiger partial charge in [0.15, 0.2) is 0 Å². The molecule has 0 aliphatic carbocycles. The van der Waals surface area contributed by atoms with Crippen molar-refractivity contribution >= 4 is 0 Å². The van der Waals surface area contributed by atoms with Gasteiger partial charge < -0.3 is 9.84 Å². The number of rotatable bonds is 4. The van der Waals surface area contributed by atoms with E-state index < -0.39 is 23.6 Å². The van der Waals surface area contributed by atoms with Gasteiger partial charge in [0.25, 0.3) is 5.56 Å². The Kier molecular flexibility index (Phi) is 5.58. The number of hydrogen-bond donors (Lipinski definition) is 2. The lowest BCUT2D eigenvalue weighted by Crippen LogP contribution is -2.33. The van der Waals surface area contributed by atoms with Crippen molar-refractivity contribution in [3.05, 3.63) is 32.6 Å². The lowest BCUT2D eigenvalue weighted by atomic mass is 10.2. The van der Waals surface area contributed by atoms with Crippen molar-refractivity contribution in [1.29, 1.82) is 0 Å². The standard InChI is InChI=1S/C16H22N2O4/c1-3-4-5-6-7-8-12-10-18(16(21)17-15(12)20)14-9-13(19)11(2)22-14/h10-11,13-14,19H,3-6,9H2,1-2H3,(H,17,20,21)/t11-,13?,14-/m1/s1. The fourth-order valence-corrected chi connectivity index (χ4v) is 2.38. The van der Waals surface area contributed by atoms with Crippen LogP contribution < -0.4 is 11.2 Å². The van der Waals surface area contributed by atoms with Crippen LogP contribution in [-0.2, 0) is 4.74 Å². The number of ether oxygens (including phenoxy) is 1. The van der Waals surface area contributed by atoms with Crippen LogP contribution in [0.15, 0.2) is 15.8 Å². The maximum Gasteiger partial charge on any atom is 0.330 e. The molecule has 0 radical (unpaired) electrons. The van der Waals surface area contributed by atoms with E-state index in [0.717, 1.165) is 25.7 Å². The predicted molar refractivity (Wildman–Crippen MR) is 82.6 cm³/mol. The number of aliphatic hydroxyl groups excluding tert-OH is 1. The van der Waals surface area contributed by atoms with Crippen LogP contribution in [0.5, 0.6) is 0 Å². The lowest BCUT2D eigenvalue weighted by Gasteiger charge is -2.13. The van der Waals surface area contributed by atoms with Gasteiger partial charge in [0, 0.05) is 19.0 Å². The molecule has 1 unspecified atom stereocenters. The Labute approximate surface area is 129 Å². The molecule has 2 heterocycles. The molecule has 6 heteroatoms. The summed E-state index contributed by atoms with van der Waals surface area (Å²) in [7, 11) is 0. The first kappa shape index (κ1) is 16.5. The molecule has 1 aliphatic heterocycles. The van der Waals surface area contributed by atoms with E-state index in [1.165, 1.54) is 10.8 Å². The zero-order valence-corrected chi connectivity index (χ0v) is 13.0. The van der Waals surface area contributed by atoms with Gasteiger partial charge in [-0.25, -0.2) is 4.79 Å². The third-order valence-corrected chi connectivity index (χ3v) is 3.76. The van der Waals surface area contributed by atoms with E-state index >= 15 is 0 Å². The number of aliphatic hydroxyl groups is 1. The summed E-state index contributed by atoms with van der Waals surface area (Å²) in [5.74, 6) is 5.77. The van der Waals surface area contributed by atoms with Crippen molar-refractivity contribution in [2.45, 2.75) is 64.4 Å². The molecular weight excluding hydrogens is 284 g/mol. The van der Waals surface area contributed by atoms with Crippen LogP contribution in [0.1, 0.15) is 57.7 Å². The Hall–Kier alpha value is -1.84. The topological polar surface area (TPSA) is 84.3 Å². The van der Waals surface area contributed by atoms with E-state index in [1.54, 1.807) is 6.92 Å². The van der Waals surface area contributed by atoms with Crippen molar-refractivity contribution in [3.63, 3.8) is 0 Å². The fourth-order valence-electron chi connectivity index (χ4n) is 2.38. The van der Waals surface area contributed by atoms with Gasteiger partial charge in [-0.1, -0.05) is 31.6 Å². The van der Waals surface area contributed by atoms with Gasteiger partial charge in [0.2, 0.25) is 0 Å². The number of unbranched alkanes of at least 4 members (excludes halogenated alkanes) is 3. The second-order valence-electron chi connectivity index (χ2n) is 5.57. The van der Waals surface area contributed by atoms with E-state index in [1.807, 2.05) is 0 Å². The minimum Gasteiger partial charge on any atom is -0.390 e. The SMILES string of the molecule is CCCCCC#Cc1cn([C@H]2CC(O)[C@@H](C)O2)c(=O)[nH]c1=O. The van der Waals surface area contributed by atoms with Crippen molar-refractivity contribution in [3.8, 4) is 11.8 Å². The van der Waals surface area contributed by atoms with Crippen molar-refractivity contribution in [1.82, 2.24) is 9.55 Å². The largest absolute Gasteiger partial charge is 0.390 e. The summed E-state index contributed by atoms with van der Waals surface area (Å²) in [4.78, 5) is 26.0. The van der Waals surface area contributed by atoms with Crippen LogP contribution in [0, 0.1) is 11.8 Å². The van der Waals surface area contributed by atoms with Gasteiger partial charge in [0.05, 0.1) is 12.2 Å². The van der Waals surface area contributed by atoms with Crippen LogP contribution in [0.3, 0.4) is 0 Å². The highest BCUT2D eigenvalue weighted by molar-refractivity contribution is 5.29. The van der Waals surface area contributed by atoms with E-state index in [0.29, 0.717) is 6.42 Å². The normalized spacial score (nSPS) is 24.0. The fraction of sp³-hybridized carbons (Fsp3) is 0.625. The highest BCUT2D eigenvalue weighted by Gasteiger charge is 2.32. The molecule has 0 amide bonds. The van der Waals surface area contributed by atoms with Gasteiger partial charge in [0.1, 0.15) is 11.8 Å². The number of nitrogens with zero attached hydrogens (tertiary/aromatic N) is 1. The van der Waals surface area contributed by atoms with Crippen LogP contribution in [0.2, 0.25) is 0 Å². The zero-order chi connectivity index (χ0) is 16.1. The van der Waals surface area contributed by atoms with Crippen LogP contribution in [0.25, 0.3) is 0 Å². The molecule has 0 spiro atoms.